The number of amides is 1. The minimum atomic E-state index is 0.204. The number of hydrogen-bond acceptors (Lipinski definition) is 5. The molecule has 1 aliphatic carbocycles. The van der Waals surface area contributed by atoms with Gasteiger partial charge in [-0.25, -0.2) is 9.97 Å². The van der Waals surface area contributed by atoms with Crippen LogP contribution in [0.5, 0.6) is 0 Å². The summed E-state index contributed by atoms with van der Waals surface area (Å²) in [6, 6.07) is 1.93. The van der Waals surface area contributed by atoms with Crippen LogP contribution in [0.4, 0.5) is 5.82 Å². The monoisotopic (exact) mass is 330 g/mol. The number of aromatic nitrogens is 2. The van der Waals surface area contributed by atoms with Gasteiger partial charge in [-0.05, 0) is 44.6 Å². The molecule has 2 aliphatic heterocycles. The van der Waals surface area contributed by atoms with Gasteiger partial charge in [-0.3, -0.25) is 4.79 Å². The zero-order valence-corrected chi connectivity index (χ0v) is 14.2. The number of carbonyl (C=O) groups excluding carboxylic acids is 1. The normalized spacial score (nSPS) is 23.7. The van der Waals surface area contributed by atoms with Gasteiger partial charge in [-0.1, -0.05) is 0 Å². The Morgan fingerprint density at radius 2 is 2.08 bits per heavy atom. The van der Waals surface area contributed by atoms with E-state index < -0.39 is 0 Å². The largest absolute Gasteiger partial charge is 0.376 e. The van der Waals surface area contributed by atoms with E-state index in [9.17, 15) is 4.79 Å². The van der Waals surface area contributed by atoms with Crippen molar-refractivity contribution >= 4 is 11.7 Å². The Hall–Kier alpha value is -1.69. The van der Waals surface area contributed by atoms with Gasteiger partial charge in [0, 0.05) is 38.4 Å². The fraction of sp³-hybridized carbons (Fsp3) is 0.722. The first-order valence-electron chi connectivity index (χ1n) is 9.27. The molecule has 3 heterocycles. The van der Waals surface area contributed by atoms with Crippen molar-refractivity contribution in [3.63, 3.8) is 0 Å². The fourth-order valence-electron chi connectivity index (χ4n) is 3.58. The standard InChI is InChI=1S/C18H26N4O2/c23-17(21-9-1-2-10-21)13-22(12-15-4-3-11-24-15)16-7-8-19-18(20-16)14-5-6-14/h7-8,14-15H,1-6,9-13H2. The maximum Gasteiger partial charge on any atom is 0.242 e. The highest BCUT2D eigenvalue weighted by molar-refractivity contribution is 5.81. The second-order valence-electron chi connectivity index (χ2n) is 7.15. The first kappa shape index (κ1) is 15.8. The molecule has 0 N–H and O–H groups in total. The highest BCUT2D eigenvalue weighted by Gasteiger charge is 2.29. The van der Waals surface area contributed by atoms with Gasteiger partial charge in [0.05, 0.1) is 12.6 Å². The molecule has 0 spiro atoms. The quantitative estimate of drug-likeness (QED) is 0.798. The van der Waals surface area contributed by atoms with Gasteiger partial charge in [0.15, 0.2) is 0 Å². The van der Waals surface area contributed by atoms with Gasteiger partial charge in [0.1, 0.15) is 11.6 Å². The van der Waals surface area contributed by atoms with E-state index in [4.69, 9.17) is 9.72 Å². The molecule has 4 rings (SSSR count). The van der Waals surface area contributed by atoms with Crippen LogP contribution in [0.3, 0.4) is 0 Å². The van der Waals surface area contributed by atoms with Gasteiger partial charge >= 0.3 is 0 Å². The minimum Gasteiger partial charge on any atom is -0.376 e. The molecule has 1 unspecified atom stereocenters. The summed E-state index contributed by atoms with van der Waals surface area (Å²) in [5.41, 5.74) is 0. The van der Waals surface area contributed by atoms with E-state index in [0.717, 1.165) is 63.6 Å². The van der Waals surface area contributed by atoms with E-state index in [0.29, 0.717) is 12.5 Å². The third-order valence-electron chi connectivity index (χ3n) is 5.16. The van der Waals surface area contributed by atoms with E-state index in [1.165, 1.54) is 12.8 Å². The highest BCUT2D eigenvalue weighted by atomic mass is 16.5. The van der Waals surface area contributed by atoms with Crippen molar-refractivity contribution in [1.82, 2.24) is 14.9 Å². The number of hydrogen-bond donors (Lipinski definition) is 0. The summed E-state index contributed by atoms with van der Waals surface area (Å²) < 4.78 is 5.79. The number of likely N-dealkylation sites (tertiary alicyclic amines) is 1. The Balaban J connectivity index is 1.49. The molecule has 1 saturated carbocycles. The lowest BCUT2D eigenvalue weighted by atomic mass is 10.2. The highest BCUT2D eigenvalue weighted by Crippen LogP contribution is 2.38. The van der Waals surface area contributed by atoms with E-state index in [1.807, 2.05) is 17.2 Å². The van der Waals surface area contributed by atoms with Crippen molar-refractivity contribution in [3.8, 4) is 0 Å². The number of carbonyl (C=O) groups is 1. The van der Waals surface area contributed by atoms with Crippen molar-refractivity contribution in [2.24, 2.45) is 0 Å². The molecule has 0 bridgehead atoms. The third kappa shape index (κ3) is 3.69. The van der Waals surface area contributed by atoms with Crippen LogP contribution >= 0.6 is 0 Å². The first-order valence-corrected chi connectivity index (χ1v) is 9.27. The van der Waals surface area contributed by atoms with Crippen molar-refractivity contribution in [3.05, 3.63) is 18.1 Å². The number of ether oxygens (including phenoxy) is 1. The Labute approximate surface area is 143 Å². The Morgan fingerprint density at radius 3 is 2.79 bits per heavy atom. The second kappa shape index (κ2) is 7.05. The lowest BCUT2D eigenvalue weighted by Gasteiger charge is -2.28. The summed E-state index contributed by atoms with van der Waals surface area (Å²) in [6.07, 6.45) is 8.82. The van der Waals surface area contributed by atoms with E-state index in [-0.39, 0.29) is 12.0 Å². The molecule has 0 radical (unpaired) electrons. The van der Waals surface area contributed by atoms with Crippen molar-refractivity contribution in [2.75, 3.05) is 37.7 Å². The summed E-state index contributed by atoms with van der Waals surface area (Å²) in [6.45, 7) is 3.74. The van der Waals surface area contributed by atoms with E-state index >= 15 is 0 Å². The van der Waals surface area contributed by atoms with Crippen LogP contribution in [-0.2, 0) is 9.53 Å². The summed E-state index contributed by atoms with van der Waals surface area (Å²) >= 11 is 0. The van der Waals surface area contributed by atoms with Crippen LogP contribution in [0.15, 0.2) is 12.3 Å². The fourth-order valence-corrected chi connectivity index (χ4v) is 3.58. The average molecular weight is 330 g/mol. The predicted octanol–water partition coefficient (Wildman–Crippen LogP) is 1.96. The first-order chi connectivity index (χ1) is 11.8. The molecule has 1 amide bonds. The SMILES string of the molecule is O=C(CN(CC1CCCO1)c1ccnc(C2CC2)n1)N1CCCC1. The van der Waals surface area contributed by atoms with Crippen LogP contribution < -0.4 is 4.90 Å². The smallest absolute Gasteiger partial charge is 0.242 e. The van der Waals surface area contributed by atoms with Gasteiger partial charge in [-0.15, -0.1) is 0 Å². The van der Waals surface area contributed by atoms with Crippen LogP contribution in [0.2, 0.25) is 0 Å². The third-order valence-corrected chi connectivity index (χ3v) is 5.16. The maximum absolute atomic E-state index is 12.6. The van der Waals surface area contributed by atoms with Gasteiger partial charge < -0.3 is 14.5 Å². The van der Waals surface area contributed by atoms with Gasteiger partial charge in [0.2, 0.25) is 5.91 Å². The topological polar surface area (TPSA) is 58.6 Å². The summed E-state index contributed by atoms with van der Waals surface area (Å²) in [7, 11) is 0. The Kier molecular flexibility index (Phi) is 4.65. The van der Waals surface area contributed by atoms with Crippen LogP contribution in [0, 0.1) is 0 Å². The summed E-state index contributed by atoms with van der Waals surface area (Å²) in [5, 5.41) is 0. The molecule has 1 atom stereocenters. The molecule has 6 nitrogen and oxygen atoms in total. The minimum absolute atomic E-state index is 0.204. The molecule has 2 saturated heterocycles. The molecule has 6 heteroatoms. The average Bonchev–Trinajstić information content (AvgIpc) is 3.09. The molecule has 24 heavy (non-hydrogen) atoms. The molecule has 1 aromatic heterocycles. The predicted molar refractivity (Wildman–Crippen MR) is 91.0 cm³/mol. The molecule has 3 aliphatic rings. The van der Waals surface area contributed by atoms with Crippen LogP contribution in [-0.4, -0.2) is 59.7 Å². The molecule has 3 fully saturated rings. The molecular weight excluding hydrogens is 304 g/mol. The van der Waals surface area contributed by atoms with E-state index in [1.54, 1.807) is 0 Å². The van der Waals surface area contributed by atoms with Crippen molar-refractivity contribution in [2.45, 2.75) is 50.5 Å². The van der Waals surface area contributed by atoms with E-state index in [2.05, 4.69) is 9.88 Å². The Morgan fingerprint density at radius 1 is 1.25 bits per heavy atom. The molecular formula is C18H26N4O2. The molecule has 0 aromatic carbocycles. The maximum atomic E-state index is 12.6. The zero-order valence-electron chi connectivity index (χ0n) is 14.2. The molecule has 1 aromatic rings. The van der Waals surface area contributed by atoms with Crippen molar-refractivity contribution in [1.29, 1.82) is 0 Å². The number of anilines is 1. The number of nitrogens with zero attached hydrogens (tertiary/aromatic N) is 4. The van der Waals surface area contributed by atoms with Crippen molar-refractivity contribution < 1.29 is 9.53 Å². The lowest BCUT2D eigenvalue weighted by Crippen LogP contribution is -2.42. The van der Waals surface area contributed by atoms with Gasteiger partial charge in [-0.2, -0.15) is 0 Å². The van der Waals surface area contributed by atoms with Crippen LogP contribution in [0.1, 0.15) is 50.3 Å². The zero-order chi connectivity index (χ0) is 16.4. The number of rotatable bonds is 6. The van der Waals surface area contributed by atoms with Crippen LogP contribution in [0.25, 0.3) is 0 Å². The molecule has 130 valence electrons. The van der Waals surface area contributed by atoms with Gasteiger partial charge in [0.25, 0.3) is 0 Å². The summed E-state index contributed by atoms with van der Waals surface area (Å²) in [5.74, 6) is 2.52. The summed E-state index contributed by atoms with van der Waals surface area (Å²) in [4.78, 5) is 25.9. The second-order valence-corrected chi connectivity index (χ2v) is 7.15. The lowest BCUT2D eigenvalue weighted by molar-refractivity contribution is -0.128. The Bertz CT molecular complexity index is 578.